The molecule has 0 aliphatic rings. The first-order valence-corrected chi connectivity index (χ1v) is 8.58. The molecule has 0 saturated carbocycles. The Kier molecular flexibility index (Phi) is 6.21. The van der Waals surface area contributed by atoms with Crippen molar-refractivity contribution < 1.29 is 9.59 Å². The molecule has 132 valence electrons. The van der Waals surface area contributed by atoms with Crippen LogP contribution in [0.1, 0.15) is 25.0 Å². The Balaban J connectivity index is 1.91. The molecule has 4 nitrogen and oxygen atoms in total. The average molecular weight is 359 g/mol. The number of hydrogen-bond donors (Lipinski definition) is 2. The van der Waals surface area contributed by atoms with Crippen molar-refractivity contribution >= 4 is 29.1 Å². The largest absolute Gasteiger partial charge is 0.355 e. The first-order valence-electron chi connectivity index (χ1n) is 8.20. The van der Waals surface area contributed by atoms with E-state index in [1.54, 1.807) is 19.9 Å². The molecule has 0 radical (unpaired) electrons. The van der Waals surface area contributed by atoms with E-state index in [4.69, 9.17) is 11.6 Å². The van der Waals surface area contributed by atoms with E-state index in [0.717, 1.165) is 11.1 Å². The maximum atomic E-state index is 12.5. The molecule has 2 N–H and O–H groups in total. The lowest BCUT2D eigenvalue weighted by Gasteiger charge is -2.23. The van der Waals surface area contributed by atoms with Crippen LogP contribution in [0.5, 0.6) is 0 Å². The van der Waals surface area contributed by atoms with E-state index >= 15 is 0 Å². The molecule has 2 amide bonds. The highest BCUT2D eigenvalue weighted by Crippen LogP contribution is 2.20. The van der Waals surface area contributed by atoms with E-state index in [1.165, 1.54) is 0 Å². The molecule has 25 heavy (non-hydrogen) atoms. The van der Waals surface area contributed by atoms with Gasteiger partial charge >= 0.3 is 0 Å². The Morgan fingerprint density at radius 3 is 2.44 bits per heavy atom. The summed E-state index contributed by atoms with van der Waals surface area (Å²) in [6, 6.07) is 15.0. The third kappa shape index (κ3) is 5.33. The van der Waals surface area contributed by atoms with Gasteiger partial charge in [-0.15, -0.1) is 0 Å². The molecule has 0 saturated heterocycles. The molecule has 0 aliphatic carbocycles. The highest BCUT2D eigenvalue weighted by Gasteiger charge is 2.35. The second-order valence-electron chi connectivity index (χ2n) is 6.58. The Morgan fingerprint density at radius 2 is 1.76 bits per heavy atom. The molecular weight excluding hydrogens is 336 g/mol. The fourth-order valence-corrected chi connectivity index (χ4v) is 2.56. The van der Waals surface area contributed by atoms with Crippen LogP contribution in [-0.4, -0.2) is 18.4 Å². The molecule has 0 unspecified atom stereocenters. The fourth-order valence-electron chi connectivity index (χ4n) is 2.35. The summed E-state index contributed by atoms with van der Waals surface area (Å²) in [5, 5.41) is 6.30. The van der Waals surface area contributed by atoms with E-state index in [0.29, 0.717) is 23.7 Å². The zero-order chi connectivity index (χ0) is 18.4. The summed E-state index contributed by atoms with van der Waals surface area (Å²) in [5.41, 5.74) is 1.60. The maximum absolute atomic E-state index is 12.5. The second-order valence-corrected chi connectivity index (χ2v) is 7.02. The number of halogens is 1. The molecule has 2 rings (SSSR count). The molecule has 0 spiro atoms. The summed E-state index contributed by atoms with van der Waals surface area (Å²) in [6.45, 7) is 5.63. The molecular formula is C20H23ClN2O2. The van der Waals surface area contributed by atoms with Crippen LogP contribution in [0, 0.1) is 12.3 Å². The number of nitrogens with one attached hydrogen (secondary N) is 2. The van der Waals surface area contributed by atoms with Crippen molar-refractivity contribution in [3.05, 3.63) is 64.7 Å². The smallest absolute Gasteiger partial charge is 0.239 e. The van der Waals surface area contributed by atoms with Crippen molar-refractivity contribution in [2.75, 3.05) is 11.9 Å². The van der Waals surface area contributed by atoms with Gasteiger partial charge in [-0.25, -0.2) is 0 Å². The van der Waals surface area contributed by atoms with Crippen molar-refractivity contribution in [3.63, 3.8) is 0 Å². The SMILES string of the molecule is Cc1cccc(NC(=O)C(C)(C)C(=O)NCCc2cccc(Cl)c2)c1. The van der Waals surface area contributed by atoms with Gasteiger partial charge in [0.2, 0.25) is 11.8 Å². The minimum atomic E-state index is -1.17. The predicted molar refractivity (Wildman–Crippen MR) is 102 cm³/mol. The summed E-state index contributed by atoms with van der Waals surface area (Å²) in [7, 11) is 0. The number of anilines is 1. The number of hydrogen-bond acceptors (Lipinski definition) is 2. The first-order chi connectivity index (χ1) is 11.8. The van der Waals surface area contributed by atoms with Crippen LogP contribution in [0.25, 0.3) is 0 Å². The number of benzene rings is 2. The van der Waals surface area contributed by atoms with Crippen LogP contribution in [0.15, 0.2) is 48.5 Å². The van der Waals surface area contributed by atoms with Gasteiger partial charge in [0, 0.05) is 17.3 Å². The molecule has 0 atom stereocenters. The Hall–Kier alpha value is -2.33. The standard InChI is InChI=1S/C20H23ClN2O2/c1-14-6-4-9-17(12-14)23-19(25)20(2,3)18(24)22-11-10-15-7-5-8-16(21)13-15/h4-9,12-13H,10-11H2,1-3H3,(H,22,24)(H,23,25). The molecule has 0 bridgehead atoms. The van der Waals surface area contributed by atoms with Gasteiger partial charge in [-0.1, -0.05) is 35.9 Å². The Morgan fingerprint density at radius 1 is 1.04 bits per heavy atom. The lowest BCUT2D eigenvalue weighted by Crippen LogP contribution is -2.45. The van der Waals surface area contributed by atoms with E-state index in [1.807, 2.05) is 49.4 Å². The van der Waals surface area contributed by atoms with Gasteiger partial charge in [0.25, 0.3) is 0 Å². The molecule has 0 fully saturated rings. The molecule has 2 aromatic rings. The molecule has 2 aromatic carbocycles. The number of amides is 2. The zero-order valence-electron chi connectivity index (χ0n) is 14.7. The van der Waals surface area contributed by atoms with E-state index in [-0.39, 0.29) is 11.8 Å². The predicted octanol–water partition coefficient (Wildman–Crippen LogP) is 3.97. The summed E-state index contributed by atoms with van der Waals surface area (Å²) in [6.07, 6.45) is 0.655. The van der Waals surface area contributed by atoms with Gasteiger partial charge in [-0.2, -0.15) is 0 Å². The second kappa shape index (κ2) is 8.17. The highest BCUT2D eigenvalue weighted by atomic mass is 35.5. The maximum Gasteiger partial charge on any atom is 0.239 e. The van der Waals surface area contributed by atoms with Crippen molar-refractivity contribution in [2.45, 2.75) is 27.2 Å². The van der Waals surface area contributed by atoms with Crippen molar-refractivity contribution in [3.8, 4) is 0 Å². The van der Waals surface area contributed by atoms with E-state index < -0.39 is 5.41 Å². The van der Waals surface area contributed by atoms with Crippen LogP contribution in [0.4, 0.5) is 5.69 Å². The van der Waals surface area contributed by atoms with Crippen molar-refractivity contribution in [1.29, 1.82) is 0 Å². The van der Waals surface area contributed by atoms with Gasteiger partial charge in [0.05, 0.1) is 0 Å². The van der Waals surface area contributed by atoms with Gasteiger partial charge in [-0.3, -0.25) is 9.59 Å². The number of carbonyl (C=O) groups excluding carboxylic acids is 2. The Labute approximate surface area is 153 Å². The number of carbonyl (C=O) groups is 2. The summed E-state index contributed by atoms with van der Waals surface area (Å²) < 4.78 is 0. The fraction of sp³-hybridized carbons (Fsp3) is 0.300. The summed E-state index contributed by atoms with van der Waals surface area (Å²) in [4.78, 5) is 24.9. The molecule has 0 aromatic heterocycles. The van der Waals surface area contributed by atoms with E-state index in [9.17, 15) is 9.59 Å². The minimum absolute atomic E-state index is 0.306. The van der Waals surface area contributed by atoms with Crippen LogP contribution in [0.3, 0.4) is 0 Å². The van der Waals surface area contributed by atoms with Crippen LogP contribution in [-0.2, 0) is 16.0 Å². The van der Waals surface area contributed by atoms with Crippen molar-refractivity contribution in [1.82, 2.24) is 5.32 Å². The highest BCUT2D eigenvalue weighted by molar-refractivity contribution is 6.30. The van der Waals surface area contributed by atoms with Gasteiger partial charge in [0.15, 0.2) is 0 Å². The number of aryl methyl sites for hydroxylation is 1. The molecule has 0 heterocycles. The lowest BCUT2D eigenvalue weighted by atomic mass is 9.90. The van der Waals surface area contributed by atoms with Gasteiger partial charge in [-0.05, 0) is 62.6 Å². The zero-order valence-corrected chi connectivity index (χ0v) is 15.5. The van der Waals surface area contributed by atoms with Gasteiger partial charge < -0.3 is 10.6 Å². The average Bonchev–Trinajstić information content (AvgIpc) is 2.54. The van der Waals surface area contributed by atoms with Gasteiger partial charge in [0.1, 0.15) is 5.41 Å². The third-order valence-electron chi connectivity index (χ3n) is 4.00. The quantitative estimate of drug-likeness (QED) is 0.767. The summed E-state index contributed by atoms with van der Waals surface area (Å²) in [5.74, 6) is -0.641. The minimum Gasteiger partial charge on any atom is -0.355 e. The van der Waals surface area contributed by atoms with Crippen LogP contribution >= 0.6 is 11.6 Å². The van der Waals surface area contributed by atoms with Crippen LogP contribution in [0.2, 0.25) is 5.02 Å². The van der Waals surface area contributed by atoms with Crippen LogP contribution < -0.4 is 10.6 Å². The molecule has 0 aliphatic heterocycles. The van der Waals surface area contributed by atoms with E-state index in [2.05, 4.69) is 10.6 Å². The number of rotatable bonds is 6. The van der Waals surface area contributed by atoms with Crippen molar-refractivity contribution in [2.24, 2.45) is 5.41 Å². The first kappa shape index (κ1) is 19.0. The lowest BCUT2D eigenvalue weighted by molar-refractivity contribution is -0.138. The topological polar surface area (TPSA) is 58.2 Å². The monoisotopic (exact) mass is 358 g/mol. The Bertz CT molecular complexity index is 772. The normalized spacial score (nSPS) is 11.0. The molecule has 5 heteroatoms. The third-order valence-corrected chi connectivity index (χ3v) is 4.23. The summed E-state index contributed by atoms with van der Waals surface area (Å²) >= 11 is 5.95.